The van der Waals surface area contributed by atoms with Crippen molar-refractivity contribution in [1.82, 2.24) is 5.32 Å². The molecule has 0 aromatic carbocycles. The van der Waals surface area contributed by atoms with E-state index in [0.717, 1.165) is 6.42 Å². The van der Waals surface area contributed by atoms with E-state index in [2.05, 4.69) is 21.4 Å². The molecule has 0 unspecified atom stereocenters. The van der Waals surface area contributed by atoms with E-state index in [4.69, 9.17) is 36.0 Å². The Hall–Kier alpha value is -3.51. The van der Waals surface area contributed by atoms with E-state index in [1.807, 2.05) is 6.92 Å². The van der Waals surface area contributed by atoms with Crippen molar-refractivity contribution in [2.75, 3.05) is 25.5 Å². The number of nitrogens with zero attached hydrogens (tertiary/aromatic N) is 2. The standard InChI is InChI=1S/C22H30N4O5S.C2HF3O2/c1-5-8-17(18-12-16(29-10-6-2)13-19(27)31-18)24-21(28)22(4)14-32-20(25-22)15(3)26-30-11-7-9-23;3-2(4,5)1(6)7/h2,12-13,17H,5,7-11,14,23H2,1,3-4H3,(H,24,28);(H,6,7)/p-1/b26-15+;/t17-,22+;/m1./s1. The number of hydrogen-bond acceptors (Lipinski definition) is 11. The number of oxime groups is 1. The largest absolute Gasteiger partial charge is 0.542 e. The van der Waals surface area contributed by atoms with Gasteiger partial charge in [0.1, 0.15) is 47.0 Å². The molecule has 0 aliphatic carbocycles. The minimum absolute atomic E-state index is 0.0251. The number of carboxylic acids is 1. The van der Waals surface area contributed by atoms with Gasteiger partial charge in [0.05, 0.1) is 12.1 Å². The maximum absolute atomic E-state index is 13.1. The number of alkyl halides is 3. The van der Waals surface area contributed by atoms with Gasteiger partial charge in [-0.25, -0.2) is 4.79 Å². The van der Waals surface area contributed by atoms with Gasteiger partial charge in [0.15, 0.2) is 0 Å². The number of rotatable bonds is 12. The number of terminal acetylenes is 1. The normalized spacial score (nSPS) is 17.7. The number of amides is 1. The van der Waals surface area contributed by atoms with Crippen LogP contribution in [0, 0.1) is 12.3 Å². The lowest BCUT2D eigenvalue weighted by molar-refractivity contribution is -0.344. The van der Waals surface area contributed by atoms with Gasteiger partial charge in [0.25, 0.3) is 0 Å². The number of thioether (sulfide) groups is 1. The van der Waals surface area contributed by atoms with Gasteiger partial charge in [-0.2, -0.15) is 13.2 Å². The van der Waals surface area contributed by atoms with Crippen molar-refractivity contribution in [2.24, 2.45) is 15.9 Å². The molecule has 0 radical (unpaired) electrons. The van der Waals surface area contributed by atoms with Gasteiger partial charge in [0.2, 0.25) is 5.91 Å². The molecule has 1 aliphatic heterocycles. The number of aliphatic carboxylic acids is 1. The first-order chi connectivity index (χ1) is 18.3. The predicted octanol–water partition coefficient (Wildman–Crippen LogP) is 1.55. The summed E-state index contributed by atoms with van der Waals surface area (Å²) >= 11 is 1.44. The molecule has 1 aliphatic rings. The zero-order valence-corrected chi connectivity index (χ0v) is 22.4. The zero-order chi connectivity index (χ0) is 29.6. The van der Waals surface area contributed by atoms with E-state index < -0.39 is 29.4 Å². The molecule has 0 fully saturated rings. The molecule has 15 heteroatoms. The first-order valence-corrected chi connectivity index (χ1v) is 12.7. The van der Waals surface area contributed by atoms with E-state index in [0.29, 0.717) is 54.0 Å². The Morgan fingerprint density at radius 3 is 2.67 bits per heavy atom. The number of ether oxygens (including phenoxy) is 1. The third-order valence-corrected chi connectivity index (χ3v) is 6.19. The number of hydrogen-bond donors (Lipinski definition) is 2. The molecule has 2 heterocycles. The van der Waals surface area contributed by atoms with Gasteiger partial charge in [-0.15, -0.1) is 18.2 Å². The molecular formula is C24H30F3N4O7S-. The van der Waals surface area contributed by atoms with Crippen LogP contribution in [0.5, 0.6) is 5.75 Å². The highest BCUT2D eigenvalue weighted by molar-refractivity contribution is 8.16. The van der Waals surface area contributed by atoms with Gasteiger partial charge in [-0.1, -0.05) is 24.4 Å². The Morgan fingerprint density at radius 1 is 1.44 bits per heavy atom. The summed E-state index contributed by atoms with van der Waals surface area (Å²) in [5.74, 6) is 0.138. The quantitative estimate of drug-likeness (QED) is 0.163. The Morgan fingerprint density at radius 2 is 2.10 bits per heavy atom. The number of aliphatic imine (C=N–C) groups is 1. The van der Waals surface area contributed by atoms with Gasteiger partial charge >= 0.3 is 11.8 Å². The van der Waals surface area contributed by atoms with E-state index in [-0.39, 0.29) is 12.5 Å². The molecule has 2 rings (SSSR count). The minimum atomic E-state index is -5.19. The molecule has 0 bridgehead atoms. The lowest BCUT2D eigenvalue weighted by atomic mass is 10.0. The SMILES string of the molecule is C#CCOc1cc([C@@H](CCC)NC(=O)[C@]2(C)CSC(/C(C)=N/OCCCN)=N2)oc(=O)c1.O=C([O-])C(F)(F)F. The Balaban J connectivity index is 0.000000956. The number of carbonyl (C=O) groups is 2. The predicted molar refractivity (Wildman–Crippen MR) is 137 cm³/mol. The second kappa shape index (κ2) is 15.8. The topological polar surface area (TPSA) is 169 Å². The van der Waals surface area contributed by atoms with Crippen molar-refractivity contribution in [3.05, 3.63) is 28.3 Å². The van der Waals surface area contributed by atoms with Crippen molar-refractivity contribution in [2.45, 2.75) is 57.8 Å². The first-order valence-electron chi connectivity index (χ1n) is 11.7. The summed E-state index contributed by atoms with van der Waals surface area (Å²) in [6.45, 7) is 6.50. The highest BCUT2D eigenvalue weighted by atomic mass is 32.2. The second-order valence-electron chi connectivity index (χ2n) is 8.24. The fraction of sp³-hybridized carbons (Fsp3) is 0.542. The molecule has 3 N–H and O–H groups in total. The van der Waals surface area contributed by atoms with Crippen molar-refractivity contribution in [3.63, 3.8) is 0 Å². The van der Waals surface area contributed by atoms with Crippen LogP contribution in [-0.2, 0) is 14.4 Å². The average molecular weight is 576 g/mol. The van der Waals surface area contributed by atoms with Gasteiger partial charge in [0, 0.05) is 11.8 Å². The molecular weight excluding hydrogens is 545 g/mol. The Kier molecular flexibility index (Phi) is 13.6. The molecule has 1 amide bonds. The van der Waals surface area contributed by atoms with Crippen LogP contribution < -0.4 is 26.5 Å². The van der Waals surface area contributed by atoms with Crippen LogP contribution in [0.3, 0.4) is 0 Å². The van der Waals surface area contributed by atoms with E-state index in [1.165, 1.54) is 17.8 Å². The van der Waals surface area contributed by atoms with E-state index in [1.54, 1.807) is 19.9 Å². The van der Waals surface area contributed by atoms with Crippen LogP contribution in [0.1, 0.15) is 51.8 Å². The third-order valence-electron chi connectivity index (χ3n) is 4.82. The number of carboxylic acid groups (broad SMARTS) is 1. The average Bonchev–Trinajstić information content (AvgIpc) is 3.28. The fourth-order valence-corrected chi connectivity index (χ4v) is 4.00. The zero-order valence-electron chi connectivity index (χ0n) is 21.6. The maximum Gasteiger partial charge on any atom is 0.430 e. The van der Waals surface area contributed by atoms with Gasteiger partial charge in [-0.05, 0) is 33.2 Å². The Bertz CT molecular complexity index is 1150. The third kappa shape index (κ3) is 11.4. The summed E-state index contributed by atoms with van der Waals surface area (Å²) < 4.78 is 42.2. The van der Waals surface area contributed by atoms with Gasteiger partial charge in [-0.3, -0.25) is 9.79 Å². The highest BCUT2D eigenvalue weighted by Gasteiger charge is 2.40. The highest BCUT2D eigenvalue weighted by Crippen LogP contribution is 2.30. The van der Waals surface area contributed by atoms with Crippen LogP contribution in [0.2, 0.25) is 0 Å². The molecule has 216 valence electrons. The van der Waals surface area contributed by atoms with Crippen molar-refractivity contribution >= 4 is 34.4 Å². The van der Waals surface area contributed by atoms with Crippen molar-refractivity contribution < 1.29 is 41.9 Å². The van der Waals surface area contributed by atoms with Crippen LogP contribution >= 0.6 is 11.8 Å². The summed E-state index contributed by atoms with van der Waals surface area (Å²) in [4.78, 5) is 43.7. The first kappa shape index (κ1) is 33.5. The maximum atomic E-state index is 13.1. The monoisotopic (exact) mass is 575 g/mol. The lowest BCUT2D eigenvalue weighted by Crippen LogP contribution is -2.45. The molecule has 39 heavy (non-hydrogen) atoms. The van der Waals surface area contributed by atoms with Crippen LogP contribution in [0.25, 0.3) is 0 Å². The van der Waals surface area contributed by atoms with E-state index in [9.17, 15) is 22.8 Å². The number of nitrogens with one attached hydrogen (secondary N) is 1. The molecule has 1 aromatic rings. The number of nitrogens with two attached hydrogens (primary N) is 1. The van der Waals surface area contributed by atoms with Crippen molar-refractivity contribution in [1.29, 1.82) is 0 Å². The lowest BCUT2D eigenvalue weighted by Gasteiger charge is -2.24. The molecule has 0 saturated carbocycles. The summed E-state index contributed by atoms with van der Waals surface area (Å²) in [7, 11) is 0. The van der Waals surface area contributed by atoms with Gasteiger partial charge < -0.3 is 34.9 Å². The molecule has 2 atom stereocenters. The molecule has 1 aromatic heterocycles. The van der Waals surface area contributed by atoms with Crippen LogP contribution in [0.15, 0.2) is 31.5 Å². The number of halogens is 3. The van der Waals surface area contributed by atoms with Crippen LogP contribution in [0.4, 0.5) is 13.2 Å². The molecule has 0 saturated heterocycles. The second-order valence-corrected chi connectivity index (χ2v) is 9.20. The molecule has 0 spiro atoms. The molecule has 11 nitrogen and oxygen atoms in total. The summed E-state index contributed by atoms with van der Waals surface area (Å²) in [6.07, 6.45) is 2.06. The van der Waals surface area contributed by atoms with E-state index >= 15 is 0 Å². The summed E-state index contributed by atoms with van der Waals surface area (Å²) in [5, 5.41) is 16.5. The fourth-order valence-electron chi connectivity index (χ4n) is 2.87. The summed E-state index contributed by atoms with van der Waals surface area (Å²) in [6, 6.07) is 2.29. The van der Waals surface area contributed by atoms with Crippen molar-refractivity contribution in [3.8, 4) is 18.1 Å². The van der Waals surface area contributed by atoms with Crippen LogP contribution in [-0.4, -0.2) is 59.9 Å². The minimum Gasteiger partial charge on any atom is -0.542 e. The number of carbonyl (C=O) groups excluding carboxylic acids is 2. The summed E-state index contributed by atoms with van der Waals surface area (Å²) in [5.41, 5.74) is 4.48. The Labute approximate surface area is 227 Å². The smallest absolute Gasteiger partial charge is 0.430 e.